The van der Waals surface area contributed by atoms with Crippen LogP contribution in [0.4, 0.5) is 10.1 Å². The number of amides is 1. The van der Waals surface area contributed by atoms with E-state index in [4.69, 9.17) is 5.73 Å². The predicted octanol–water partition coefficient (Wildman–Crippen LogP) is 2.70. The number of carbonyl (C=O) groups is 1. The maximum absolute atomic E-state index is 13.7. The molecule has 0 saturated heterocycles. The summed E-state index contributed by atoms with van der Waals surface area (Å²) in [6.07, 6.45) is 2.54. The highest BCUT2D eigenvalue weighted by atomic mass is 19.1. The zero-order valence-electron chi connectivity index (χ0n) is 11.0. The summed E-state index contributed by atoms with van der Waals surface area (Å²) in [4.78, 5) is 13.6. The van der Waals surface area contributed by atoms with E-state index in [0.717, 1.165) is 12.8 Å². The van der Waals surface area contributed by atoms with Gasteiger partial charge in [-0.2, -0.15) is 0 Å². The number of para-hydroxylation sites is 1. The van der Waals surface area contributed by atoms with Crippen molar-refractivity contribution in [2.24, 2.45) is 5.73 Å². The molecule has 18 heavy (non-hydrogen) atoms. The van der Waals surface area contributed by atoms with Gasteiger partial charge in [0.25, 0.3) is 0 Å². The highest BCUT2D eigenvalue weighted by Crippen LogP contribution is 2.19. The van der Waals surface area contributed by atoms with Crippen molar-refractivity contribution in [1.29, 1.82) is 0 Å². The molecule has 0 aromatic heterocycles. The van der Waals surface area contributed by atoms with Gasteiger partial charge in [-0.3, -0.25) is 4.79 Å². The summed E-state index contributed by atoms with van der Waals surface area (Å²) in [5.74, 6) is -0.605. The standard InChI is InChI=1S/C14H21FN2O/c1-3-5-9-12(16)14(18)17(4-2)13-10-7-6-8-11(13)15/h6-8,10,12H,3-5,9,16H2,1-2H3. The number of benzene rings is 1. The third kappa shape index (κ3) is 3.53. The van der Waals surface area contributed by atoms with Crippen molar-refractivity contribution in [2.45, 2.75) is 39.2 Å². The Labute approximate surface area is 108 Å². The largest absolute Gasteiger partial charge is 0.320 e. The topological polar surface area (TPSA) is 46.3 Å². The first-order valence-corrected chi connectivity index (χ1v) is 6.43. The van der Waals surface area contributed by atoms with E-state index in [0.29, 0.717) is 18.7 Å². The Morgan fingerprint density at radius 3 is 2.61 bits per heavy atom. The Balaban J connectivity index is 2.83. The molecule has 1 aromatic carbocycles. The molecule has 1 aromatic rings. The lowest BCUT2D eigenvalue weighted by Crippen LogP contribution is -2.44. The molecular weight excluding hydrogens is 231 g/mol. The monoisotopic (exact) mass is 252 g/mol. The van der Waals surface area contributed by atoms with E-state index in [1.54, 1.807) is 18.2 Å². The third-order valence-corrected chi connectivity index (χ3v) is 2.91. The number of unbranched alkanes of at least 4 members (excludes halogenated alkanes) is 1. The van der Waals surface area contributed by atoms with E-state index < -0.39 is 11.9 Å². The van der Waals surface area contributed by atoms with Crippen LogP contribution < -0.4 is 10.6 Å². The number of nitrogens with two attached hydrogens (primary N) is 1. The number of rotatable bonds is 6. The van der Waals surface area contributed by atoms with Crippen molar-refractivity contribution in [3.05, 3.63) is 30.1 Å². The van der Waals surface area contributed by atoms with Crippen LogP contribution in [0, 0.1) is 5.82 Å². The minimum absolute atomic E-state index is 0.212. The highest BCUT2D eigenvalue weighted by Gasteiger charge is 2.22. The molecule has 0 radical (unpaired) electrons. The second-order valence-electron chi connectivity index (χ2n) is 4.28. The molecule has 0 saturated carbocycles. The number of hydrogen-bond acceptors (Lipinski definition) is 2. The number of anilines is 1. The smallest absolute Gasteiger partial charge is 0.243 e. The van der Waals surface area contributed by atoms with Crippen LogP contribution in [0.15, 0.2) is 24.3 Å². The average Bonchev–Trinajstić information content (AvgIpc) is 2.38. The Bertz CT molecular complexity index is 395. The van der Waals surface area contributed by atoms with Gasteiger partial charge in [0.1, 0.15) is 5.82 Å². The molecule has 0 aliphatic rings. The van der Waals surface area contributed by atoms with E-state index in [2.05, 4.69) is 0 Å². The quantitative estimate of drug-likeness (QED) is 0.846. The van der Waals surface area contributed by atoms with Gasteiger partial charge in [0.05, 0.1) is 11.7 Å². The van der Waals surface area contributed by atoms with E-state index in [-0.39, 0.29) is 5.91 Å². The van der Waals surface area contributed by atoms with Crippen molar-refractivity contribution in [3.63, 3.8) is 0 Å². The molecule has 1 atom stereocenters. The fourth-order valence-electron chi connectivity index (χ4n) is 1.86. The zero-order valence-corrected chi connectivity index (χ0v) is 11.0. The van der Waals surface area contributed by atoms with Crippen molar-refractivity contribution in [2.75, 3.05) is 11.4 Å². The minimum atomic E-state index is -0.551. The van der Waals surface area contributed by atoms with Crippen LogP contribution >= 0.6 is 0 Å². The summed E-state index contributed by atoms with van der Waals surface area (Å²) in [7, 11) is 0. The maximum Gasteiger partial charge on any atom is 0.243 e. The molecule has 0 spiro atoms. The summed E-state index contributed by atoms with van der Waals surface area (Å²) < 4.78 is 13.7. The van der Waals surface area contributed by atoms with Gasteiger partial charge in [-0.25, -0.2) is 4.39 Å². The van der Waals surface area contributed by atoms with Crippen LogP contribution in [-0.2, 0) is 4.79 Å². The van der Waals surface area contributed by atoms with E-state index >= 15 is 0 Å². The van der Waals surface area contributed by atoms with Crippen molar-refractivity contribution < 1.29 is 9.18 Å². The van der Waals surface area contributed by atoms with Crippen LogP contribution in [0.5, 0.6) is 0 Å². The second kappa shape index (κ2) is 7.11. The van der Waals surface area contributed by atoms with E-state index in [1.165, 1.54) is 11.0 Å². The molecule has 3 nitrogen and oxygen atoms in total. The first-order chi connectivity index (χ1) is 8.61. The number of hydrogen-bond donors (Lipinski definition) is 1. The molecule has 0 aliphatic carbocycles. The summed E-state index contributed by atoms with van der Waals surface area (Å²) in [6.45, 7) is 4.28. The van der Waals surface area contributed by atoms with E-state index in [9.17, 15) is 9.18 Å². The van der Waals surface area contributed by atoms with Gasteiger partial charge >= 0.3 is 0 Å². The molecule has 100 valence electrons. The molecular formula is C14H21FN2O. The molecule has 0 heterocycles. The molecule has 0 fully saturated rings. The number of halogens is 1. The Morgan fingerprint density at radius 1 is 1.39 bits per heavy atom. The van der Waals surface area contributed by atoms with Gasteiger partial charge < -0.3 is 10.6 Å². The van der Waals surface area contributed by atoms with Gasteiger partial charge in [0.15, 0.2) is 0 Å². The summed E-state index contributed by atoms with van der Waals surface area (Å²) >= 11 is 0. The summed E-state index contributed by atoms with van der Waals surface area (Å²) in [5, 5.41) is 0. The fourth-order valence-corrected chi connectivity index (χ4v) is 1.86. The molecule has 1 rings (SSSR count). The molecule has 0 aliphatic heterocycles. The first-order valence-electron chi connectivity index (χ1n) is 6.43. The lowest BCUT2D eigenvalue weighted by molar-refractivity contribution is -0.120. The first kappa shape index (κ1) is 14.6. The Morgan fingerprint density at radius 2 is 2.06 bits per heavy atom. The average molecular weight is 252 g/mol. The highest BCUT2D eigenvalue weighted by molar-refractivity contribution is 5.97. The van der Waals surface area contributed by atoms with Gasteiger partial charge in [0, 0.05) is 6.54 Å². The Hall–Kier alpha value is -1.42. The van der Waals surface area contributed by atoms with E-state index in [1.807, 2.05) is 13.8 Å². The summed E-state index contributed by atoms with van der Waals surface area (Å²) in [6, 6.07) is 5.72. The van der Waals surface area contributed by atoms with Gasteiger partial charge in [-0.15, -0.1) is 0 Å². The van der Waals surface area contributed by atoms with Crippen LogP contribution in [0.3, 0.4) is 0 Å². The molecule has 2 N–H and O–H groups in total. The lowest BCUT2D eigenvalue weighted by Gasteiger charge is -2.24. The molecule has 0 bridgehead atoms. The Kier molecular flexibility index (Phi) is 5.78. The second-order valence-corrected chi connectivity index (χ2v) is 4.28. The molecule has 1 unspecified atom stereocenters. The number of likely N-dealkylation sites (N-methyl/N-ethyl adjacent to an activating group) is 1. The van der Waals surface area contributed by atoms with Gasteiger partial charge in [0.2, 0.25) is 5.91 Å². The summed E-state index contributed by atoms with van der Waals surface area (Å²) in [5.41, 5.74) is 6.16. The predicted molar refractivity (Wildman–Crippen MR) is 71.9 cm³/mol. The molecule has 1 amide bonds. The SMILES string of the molecule is CCCCC(N)C(=O)N(CC)c1ccccc1F. The van der Waals surface area contributed by atoms with Gasteiger partial charge in [-0.05, 0) is 25.5 Å². The minimum Gasteiger partial charge on any atom is -0.320 e. The normalized spacial score (nSPS) is 12.2. The lowest BCUT2D eigenvalue weighted by atomic mass is 10.1. The fraction of sp³-hybridized carbons (Fsp3) is 0.500. The van der Waals surface area contributed by atoms with Crippen LogP contribution in [0.25, 0.3) is 0 Å². The van der Waals surface area contributed by atoms with Crippen LogP contribution in [0.2, 0.25) is 0 Å². The molecule has 4 heteroatoms. The number of nitrogens with zero attached hydrogens (tertiary/aromatic N) is 1. The van der Waals surface area contributed by atoms with Gasteiger partial charge in [-0.1, -0.05) is 31.9 Å². The van der Waals surface area contributed by atoms with Crippen molar-refractivity contribution in [3.8, 4) is 0 Å². The van der Waals surface area contributed by atoms with Crippen molar-refractivity contribution >= 4 is 11.6 Å². The van der Waals surface area contributed by atoms with Crippen LogP contribution in [0.1, 0.15) is 33.1 Å². The number of carbonyl (C=O) groups excluding carboxylic acids is 1. The van der Waals surface area contributed by atoms with Crippen molar-refractivity contribution in [1.82, 2.24) is 0 Å². The third-order valence-electron chi connectivity index (χ3n) is 2.91. The zero-order chi connectivity index (χ0) is 13.5. The van der Waals surface area contributed by atoms with Crippen LogP contribution in [-0.4, -0.2) is 18.5 Å². The maximum atomic E-state index is 13.7.